The van der Waals surface area contributed by atoms with Crippen LogP contribution >= 0.6 is 0 Å². The lowest BCUT2D eigenvalue weighted by molar-refractivity contribution is 0.0372. The Morgan fingerprint density at radius 3 is 2.59 bits per heavy atom. The monoisotopic (exact) mass is 436 g/mol. The lowest BCUT2D eigenvalue weighted by atomic mass is 9.98. The summed E-state index contributed by atoms with van der Waals surface area (Å²) in [6.45, 7) is 2.35. The molecular formula is C22H24N6O4. The van der Waals surface area contributed by atoms with E-state index in [1.807, 2.05) is 6.92 Å². The number of benzene rings is 1. The third-order valence-electron chi connectivity index (χ3n) is 5.47. The first-order valence-electron chi connectivity index (χ1n) is 10.2. The van der Waals surface area contributed by atoms with Crippen LogP contribution in [0.5, 0.6) is 11.6 Å². The van der Waals surface area contributed by atoms with Gasteiger partial charge in [0.25, 0.3) is 5.91 Å². The first-order chi connectivity index (χ1) is 15.5. The molecule has 0 unspecified atom stereocenters. The minimum absolute atomic E-state index is 0.0173. The smallest absolute Gasteiger partial charge is 0.256 e. The van der Waals surface area contributed by atoms with E-state index in [0.717, 1.165) is 12.8 Å². The Bertz CT molecular complexity index is 1120. The van der Waals surface area contributed by atoms with Gasteiger partial charge in [0, 0.05) is 23.9 Å². The van der Waals surface area contributed by atoms with Gasteiger partial charge in [0.1, 0.15) is 11.9 Å². The number of hydrogen-bond donors (Lipinski definition) is 1. The first-order valence-corrected chi connectivity index (χ1v) is 10.2. The molecule has 10 heteroatoms. The lowest BCUT2D eigenvalue weighted by Crippen LogP contribution is -2.49. The lowest BCUT2D eigenvalue weighted by Gasteiger charge is -2.38. The number of rotatable bonds is 6. The van der Waals surface area contributed by atoms with Gasteiger partial charge in [-0.15, -0.1) is 0 Å². The molecule has 2 aromatic heterocycles. The highest BCUT2D eigenvalue weighted by Gasteiger charge is 2.32. The quantitative estimate of drug-likeness (QED) is 0.625. The van der Waals surface area contributed by atoms with Crippen LogP contribution in [0.15, 0.2) is 48.9 Å². The number of aromatic nitrogens is 4. The van der Waals surface area contributed by atoms with Gasteiger partial charge in [0.15, 0.2) is 0 Å². The number of carbonyl (C=O) groups excluding carboxylic acids is 2. The van der Waals surface area contributed by atoms with Crippen molar-refractivity contribution in [2.45, 2.75) is 31.9 Å². The molecule has 0 radical (unpaired) electrons. The van der Waals surface area contributed by atoms with Crippen LogP contribution in [0.1, 0.15) is 40.5 Å². The Kier molecular flexibility index (Phi) is 6.02. The van der Waals surface area contributed by atoms with Crippen LogP contribution < -0.4 is 15.2 Å². The molecule has 1 aromatic carbocycles. The van der Waals surface area contributed by atoms with Crippen molar-refractivity contribution in [3.8, 4) is 17.3 Å². The van der Waals surface area contributed by atoms with Gasteiger partial charge < -0.3 is 20.1 Å². The van der Waals surface area contributed by atoms with Crippen LogP contribution in [-0.4, -0.2) is 62.5 Å². The minimum Gasteiger partial charge on any atom is -0.497 e. The van der Waals surface area contributed by atoms with Gasteiger partial charge >= 0.3 is 0 Å². The maximum absolute atomic E-state index is 13.6. The van der Waals surface area contributed by atoms with E-state index < -0.39 is 5.91 Å². The number of methoxy groups -OCH3 is 1. The summed E-state index contributed by atoms with van der Waals surface area (Å²) in [7, 11) is 1.58. The molecule has 10 nitrogen and oxygen atoms in total. The first kappa shape index (κ1) is 21.3. The fraction of sp³-hybridized carbons (Fsp3) is 0.318. The second-order valence-electron chi connectivity index (χ2n) is 7.57. The summed E-state index contributed by atoms with van der Waals surface area (Å²) in [5.74, 6) is 0.219. The number of ether oxygens (including phenoxy) is 2. The maximum atomic E-state index is 13.6. The predicted octanol–water partition coefficient (Wildman–Crippen LogP) is 1.84. The van der Waals surface area contributed by atoms with Crippen LogP contribution in [0.2, 0.25) is 0 Å². The van der Waals surface area contributed by atoms with E-state index in [1.165, 1.54) is 23.3 Å². The van der Waals surface area contributed by atoms with Gasteiger partial charge in [-0.05, 0) is 44.0 Å². The molecule has 1 aliphatic heterocycles. The zero-order valence-corrected chi connectivity index (χ0v) is 17.8. The van der Waals surface area contributed by atoms with Crippen molar-refractivity contribution in [3.05, 3.63) is 60.0 Å². The summed E-state index contributed by atoms with van der Waals surface area (Å²) in [5, 5.41) is 8.26. The summed E-state index contributed by atoms with van der Waals surface area (Å²) in [6, 6.07) is 8.10. The SMILES string of the molecule is COc1ccnc(O[C@@H]2CC[C@@H](C)N(C(=O)c3cc(C(N)=O)ccc3-n3nccn3)C2)c1. The molecule has 1 aliphatic rings. The molecule has 2 atom stereocenters. The largest absolute Gasteiger partial charge is 0.497 e. The van der Waals surface area contributed by atoms with E-state index in [-0.39, 0.29) is 23.6 Å². The molecule has 2 amide bonds. The number of nitrogens with two attached hydrogens (primary N) is 1. The number of nitrogens with zero attached hydrogens (tertiary/aromatic N) is 5. The maximum Gasteiger partial charge on any atom is 0.256 e. The molecule has 3 heterocycles. The molecule has 0 bridgehead atoms. The van der Waals surface area contributed by atoms with Crippen molar-refractivity contribution >= 4 is 11.8 Å². The molecule has 2 N–H and O–H groups in total. The highest BCUT2D eigenvalue weighted by molar-refractivity contribution is 6.01. The number of piperidine rings is 1. The second-order valence-corrected chi connectivity index (χ2v) is 7.57. The fourth-order valence-corrected chi connectivity index (χ4v) is 3.74. The third-order valence-corrected chi connectivity index (χ3v) is 5.47. The van der Waals surface area contributed by atoms with Crippen LogP contribution in [0.25, 0.3) is 5.69 Å². The third kappa shape index (κ3) is 4.39. The Morgan fingerprint density at radius 2 is 1.88 bits per heavy atom. The van der Waals surface area contributed by atoms with E-state index in [0.29, 0.717) is 29.4 Å². The highest BCUT2D eigenvalue weighted by atomic mass is 16.5. The number of primary amides is 1. The molecule has 166 valence electrons. The summed E-state index contributed by atoms with van der Waals surface area (Å²) in [5.41, 5.74) is 6.45. The fourth-order valence-electron chi connectivity index (χ4n) is 3.74. The number of pyridine rings is 1. The topological polar surface area (TPSA) is 125 Å². The molecule has 3 aromatic rings. The van der Waals surface area contributed by atoms with E-state index >= 15 is 0 Å². The van der Waals surface area contributed by atoms with Crippen LogP contribution in [-0.2, 0) is 0 Å². The average Bonchev–Trinajstić information content (AvgIpc) is 3.34. The summed E-state index contributed by atoms with van der Waals surface area (Å²) >= 11 is 0. The molecule has 1 fully saturated rings. The Labute approximate surface area is 184 Å². The van der Waals surface area contributed by atoms with Crippen molar-refractivity contribution in [2.75, 3.05) is 13.7 Å². The Hall–Kier alpha value is -3.95. The zero-order valence-electron chi connectivity index (χ0n) is 17.8. The van der Waals surface area contributed by atoms with E-state index in [9.17, 15) is 9.59 Å². The van der Waals surface area contributed by atoms with Crippen molar-refractivity contribution in [3.63, 3.8) is 0 Å². The average molecular weight is 436 g/mol. The van der Waals surface area contributed by atoms with Gasteiger partial charge in [0.05, 0.1) is 37.3 Å². The number of hydrogen-bond acceptors (Lipinski definition) is 7. The van der Waals surface area contributed by atoms with Gasteiger partial charge in [-0.1, -0.05) is 0 Å². The molecular weight excluding hydrogens is 412 g/mol. The molecule has 0 aliphatic carbocycles. The highest BCUT2D eigenvalue weighted by Crippen LogP contribution is 2.26. The summed E-state index contributed by atoms with van der Waals surface area (Å²) < 4.78 is 11.3. The van der Waals surface area contributed by atoms with Gasteiger partial charge in [-0.3, -0.25) is 9.59 Å². The Morgan fingerprint density at radius 1 is 1.09 bits per heavy atom. The summed E-state index contributed by atoms with van der Waals surface area (Å²) in [6.07, 6.45) is 5.95. The van der Waals surface area contributed by atoms with Gasteiger partial charge in [0.2, 0.25) is 11.8 Å². The van der Waals surface area contributed by atoms with Gasteiger partial charge in [-0.2, -0.15) is 15.0 Å². The van der Waals surface area contributed by atoms with Crippen LogP contribution in [0.4, 0.5) is 0 Å². The van der Waals surface area contributed by atoms with Crippen molar-refractivity contribution < 1.29 is 19.1 Å². The predicted molar refractivity (Wildman–Crippen MR) is 115 cm³/mol. The zero-order chi connectivity index (χ0) is 22.7. The van der Waals surface area contributed by atoms with E-state index in [4.69, 9.17) is 15.2 Å². The Balaban J connectivity index is 1.61. The number of amides is 2. The van der Waals surface area contributed by atoms with Crippen LogP contribution in [0, 0.1) is 0 Å². The number of carbonyl (C=O) groups is 2. The van der Waals surface area contributed by atoms with E-state index in [2.05, 4.69) is 15.2 Å². The molecule has 4 rings (SSSR count). The molecule has 0 spiro atoms. The standard InChI is InChI=1S/C22H24N6O4/c1-14-3-5-17(32-20-12-16(31-2)7-8-24-20)13-27(14)22(30)18-11-15(21(23)29)4-6-19(18)28-25-9-10-26-28/h4,6-12,14,17H,3,5,13H2,1-2H3,(H2,23,29)/t14-,17-/m1/s1. The normalized spacial score (nSPS) is 18.2. The second kappa shape index (κ2) is 9.04. The molecule has 1 saturated heterocycles. The van der Waals surface area contributed by atoms with Gasteiger partial charge in [-0.25, -0.2) is 4.98 Å². The minimum atomic E-state index is -0.615. The van der Waals surface area contributed by atoms with Crippen LogP contribution in [0.3, 0.4) is 0 Å². The molecule has 0 saturated carbocycles. The number of likely N-dealkylation sites (tertiary alicyclic amines) is 1. The van der Waals surface area contributed by atoms with Crippen molar-refractivity contribution in [1.29, 1.82) is 0 Å². The summed E-state index contributed by atoms with van der Waals surface area (Å²) in [4.78, 5) is 32.7. The molecule has 32 heavy (non-hydrogen) atoms. The van der Waals surface area contributed by atoms with Crippen molar-refractivity contribution in [2.24, 2.45) is 5.73 Å². The van der Waals surface area contributed by atoms with Crippen molar-refractivity contribution in [1.82, 2.24) is 24.9 Å². The van der Waals surface area contributed by atoms with E-state index in [1.54, 1.807) is 42.5 Å².